The lowest BCUT2D eigenvalue weighted by Gasteiger charge is -2.23. The molecule has 0 aliphatic carbocycles. The number of H-pyrrole nitrogens is 1. The zero-order valence-corrected chi connectivity index (χ0v) is 20.5. The van der Waals surface area contributed by atoms with Gasteiger partial charge in [0.15, 0.2) is 11.5 Å². The summed E-state index contributed by atoms with van der Waals surface area (Å²) in [5.41, 5.74) is 2.12. The van der Waals surface area contributed by atoms with Gasteiger partial charge in [0.25, 0.3) is 11.7 Å². The van der Waals surface area contributed by atoms with Crippen LogP contribution >= 0.6 is 0 Å². The summed E-state index contributed by atoms with van der Waals surface area (Å²) < 4.78 is 20.2. The minimum absolute atomic E-state index is 0.00960. The van der Waals surface area contributed by atoms with Gasteiger partial charge < -0.3 is 20.5 Å². The van der Waals surface area contributed by atoms with E-state index in [0.717, 1.165) is 36.9 Å². The number of carbonyl (C=O) groups is 1. The van der Waals surface area contributed by atoms with Crippen LogP contribution in [0.25, 0.3) is 22.2 Å². The van der Waals surface area contributed by atoms with Crippen molar-refractivity contribution < 1.29 is 13.7 Å². The lowest BCUT2D eigenvalue weighted by molar-refractivity contribution is 0.0937. The van der Waals surface area contributed by atoms with E-state index in [1.165, 1.54) is 6.07 Å². The maximum absolute atomic E-state index is 15.1. The number of nitrogens with zero attached hydrogens (tertiary/aromatic N) is 4. The first kappa shape index (κ1) is 23.9. The Morgan fingerprint density at radius 2 is 2.03 bits per heavy atom. The van der Waals surface area contributed by atoms with Crippen LogP contribution in [-0.2, 0) is 12.0 Å². The Morgan fingerprint density at radius 1 is 1.22 bits per heavy atom. The number of pyridine rings is 1. The Morgan fingerprint density at radius 3 is 2.75 bits per heavy atom. The first-order valence-electron chi connectivity index (χ1n) is 12.0. The number of hydrogen-bond donors (Lipinski definition) is 4. The Labute approximate surface area is 207 Å². The van der Waals surface area contributed by atoms with Crippen LogP contribution in [0.4, 0.5) is 10.2 Å². The normalized spacial score (nSPS) is 14.8. The molecule has 0 atom stereocenters. The Hall–Kier alpha value is -3.86. The largest absolute Gasteiger partial charge is 0.365 e. The zero-order chi connectivity index (χ0) is 25.3. The lowest BCUT2D eigenvalue weighted by atomic mass is 9.97. The van der Waals surface area contributed by atoms with Crippen LogP contribution in [0.5, 0.6) is 0 Å². The minimum Gasteiger partial charge on any atom is -0.365 e. The van der Waals surface area contributed by atoms with Gasteiger partial charge in [-0.25, -0.2) is 9.37 Å². The highest BCUT2D eigenvalue weighted by atomic mass is 19.1. The van der Waals surface area contributed by atoms with Gasteiger partial charge in [0.05, 0.1) is 5.39 Å². The molecular formula is C25H29FN8O2. The van der Waals surface area contributed by atoms with Crippen molar-refractivity contribution >= 4 is 22.8 Å². The molecule has 1 aliphatic rings. The van der Waals surface area contributed by atoms with Crippen molar-refractivity contribution in [3.63, 3.8) is 0 Å². The first-order valence-corrected chi connectivity index (χ1v) is 12.0. The molecule has 5 rings (SSSR count). The highest BCUT2D eigenvalue weighted by Crippen LogP contribution is 2.33. The third-order valence-corrected chi connectivity index (χ3v) is 6.22. The van der Waals surface area contributed by atoms with Gasteiger partial charge in [-0.1, -0.05) is 38.1 Å². The highest BCUT2D eigenvalue weighted by molar-refractivity contribution is 6.00. The fourth-order valence-corrected chi connectivity index (χ4v) is 4.19. The zero-order valence-electron chi connectivity index (χ0n) is 20.5. The van der Waals surface area contributed by atoms with Crippen LogP contribution in [0.1, 0.15) is 55.7 Å². The van der Waals surface area contributed by atoms with E-state index in [0.29, 0.717) is 34.5 Å². The number of amides is 1. The van der Waals surface area contributed by atoms with Crippen molar-refractivity contribution in [1.82, 2.24) is 36.0 Å². The van der Waals surface area contributed by atoms with Gasteiger partial charge in [0, 0.05) is 29.8 Å². The SMILES string of the molecule is CC(C)(C)c1nc(C(=O)NCc2ccc(-c3ccnc4[nH]nc(NC5CCNCC5)c34)cc2F)no1. The maximum atomic E-state index is 15.1. The molecule has 4 heterocycles. The van der Waals surface area contributed by atoms with Crippen LogP contribution in [0.2, 0.25) is 0 Å². The molecule has 1 aromatic carbocycles. The molecule has 188 valence electrons. The molecule has 4 aromatic rings. The van der Waals surface area contributed by atoms with Gasteiger partial charge in [0.1, 0.15) is 5.82 Å². The second-order valence-corrected chi connectivity index (χ2v) is 9.98. The molecule has 0 unspecified atom stereocenters. The molecule has 11 heteroatoms. The van der Waals surface area contributed by atoms with Crippen LogP contribution in [0.15, 0.2) is 35.0 Å². The van der Waals surface area contributed by atoms with Gasteiger partial charge in [-0.05, 0) is 49.2 Å². The number of carbonyl (C=O) groups excluding carboxylic acids is 1. The van der Waals surface area contributed by atoms with E-state index in [1.54, 1.807) is 12.3 Å². The summed E-state index contributed by atoms with van der Waals surface area (Å²) >= 11 is 0. The first-order chi connectivity index (χ1) is 17.3. The van der Waals surface area contributed by atoms with E-state index in [-0.39, 0.29) is 17.8 Å². The molecule has 1 saturated heterocycles. The van der Waals surface area contributed by atoms with E-state index in [2.05, 4.69) is 41.3 Å². The Bertz CT molecular complexity index is 1380. The summed E-state index contributed by atoms with van der Waals surface area (Å²) in [5, 5.41) is 21.5. The van der Waals surface area contributed by atoms with Crippen molar-refractivity contribution in [1.29, 1.82) is 0 Å². The van der Waals surface area contributed by atoms with Crippen molar-refractivity contribution in [2.75, 3.05) is 18.4 Å². The van der Waals surface area contributed by atoms with Crippen LogP contribution in [-0.4, -0.2) is 50.4 Å². The third kappa shape index (κ3) is 4.92. The van der Waals surface area contributed by atoms with Crippen molar-refractivity contribution in [2.24, 2.45) is 0 Å². The minimum atomic E-state index is -0.527. The second kappa shape index (κ2) is 9.65. The predicted molar refractivity (Wildman–Crippen MR) is 133 cm³/mol. The number of aromatic nitrogens is 5. The summed E-state index contributed by atoms with van der Waals surface area (Å²) in [7, 11) is 0. The van der Waals surface area contributed by atoms with Crippen LogP contribution in [0.3, 0.4) is 0 Å². The molecule has 0 saturated carbocycles. The van der Waals surface area contributed by atoms with Crippen molar-refractivity contribution in [3.05, 3.63) is 53.6 Å². The number of rotatable bonds is 6. The summed E-state index contributed by atoms with van der Waals surface area (Å²) in [5.74, 6) is 0.0367. The number of halogens is 1. The maximum Gasteiger partial charge on any atom is 0.292 e. The topological polar surface area (TPSA) is 134 Å². The average molecular weight is 493 g/mol. The number of benzene rings is 1. The fourth-order valence-electron chi connectivity index (χ4n) is 4.19. The molecule has 0 radical (unpaired) electrons. The number of piperidine rings is 1. The quantitative estimate of drug-likeness (QED) is 0.321. The number of nitrogens with one attached hydrogen (secondary N) is 4. The van der Waals surface area contributed by atoms with Crippen LogP contribution < -0.4 is 16.0 Å². The smallest absolute Gasteiger partial charge is 0.292 e. The van der Waals surface area contributed by atoms with E-state index < -0.39 is 11.7 Å². The molecule has 4 N–H and O–H groups in total. The Kier molecular flexibility index (Phi) is 6.40. The third-order valence-electron chi connectivity index (χ3n) is 6.22. The average Bonchev–Trinajstić information content (AvgIpc) is 3.52. The summed E-state index contributed by atoms with van der Waals surface area (Å²) in [4.78, 5) is 20.9. The summed E-state index contributed by atoms with van der Waals surface area (Å²) in [6, 6.07) is 7.11. The molecule has 0 bridgehead atoms. The van der Waals surface area contributed by atoms with E-state index >= 15 is 4.39 Å². The summed E-state index contributed by atoms with van der Waals surface area (Å²) in [6.45, 7) is 7.63. The number of hydrogen-bond acceptors (Lipinski definition) is 8. The van der Waals surface area contributed by atoms with Crippen molar-refractivity contribution in [3.8, 4) is 11.1 Å². The molecular weight excluding hydrogens is 463 g/mol. The van der Waals surface area contributed by atoms with Gasteiger partial charge >= 0.3 is 0 Å². The molecule has 1 amide bonds. The molecule has 3 aromatic heterocycles. The summed E-state index contributed by atoms with van der Waals surface area (Å²) in [6.07, 6.45) is 3.67. The number of anilines is 1. The van der Waals surface area contributed by atoms with E-state index in [1.807, 2.05) is 32.9 Å². The van der Waals surface area contributed by atoms with Gasteiger partial charge in [-0.3, -0.25) is 9.89 Å². The number of aromatic amines is 1. The van der Waals surface area contributed by atoms with Gasteiger partial charge in [-0.2, -0.15) is 10.1 Å². The van der Waals surface area contributed by atoms with E-state index in [9.17, 15) is 4.79 Å². The molecule has 0 spiro atoms. The molecule has 10 nitrogen and oxygen atoms in total. The number of fused-ring (bicyclic) bond motifs is 1. The Balaban J connectivity index is 1.34. The highest BCUT2D eigenvalue weighted by Gasteiger charge is 2.24. The van der Waals surface area contributed by atoms with Gasteiger partial charge in [0.2, 0.25) is 5.89 Å². The van der Waals surface area contributed by atoms with Crippen molar-refractivity contribution in [2.45, 2.75) is 51.6 Å². The molecule has 36 heavy (non-hydrogen) atoms. The van der Waals surface area contributed by atoms with Crippen LogP contribution in [0, 0.1) is 5.82 Å². The second-order valence-electron chi connectivity index (χ2n) is 9.98. The van der Waals surface area contributed by atoms with Gasteiger partial charge in [-0.15, -0.1) is 0 Å². The standard InChI is InChI=1S/C25H29FN8O2/c1-25(2,3)24-31-22(34-36-24)23(35)29-13-15-5-4-14(12-18(15)26)17-8-11-28-20-19(17)21(33-32-20)30-16-6-9-27-10-7-16/h4-5,8,11-12,16,27H,6-7,9-10,13H2,1-3H3,(H,29,35)(H2,28,30,32,33). The monoisotopic (exact) mass is 492 g/mol. The molecule has 1 aliphatic heterocycles. The fraction of sp³-hybridized carbons (Fsp3) is 0.400. The van der Waals surface area contributed by atoms with E-state index in [4.69, 9.17) is 4.52 Å². The lowest BCUT2D eigenvalue weighted by Crippen LogP contribution is -2.35. The molecule has 1 fully saturated rings. The predicted octanol–water partition coefficient (Wildman–Crippen LogP) is 3.54.